The van der Waals surface area contributed by atoms with Crippen LogP contribution in [0.2, 0.25) is 0 Å². The number of carbonyl (C=O) groups is 1. The van der Waals surface area contributed by atoms with Crippen molar-refractivity contribution in [2.45, 2.75) is 12.3 Å². The van der Waals surface area contributed by atoms with E-state index in [4.69, 9.17) is 9.15 Å². The minimum atomic E-state index is -0.264. The summed E-state index contributed by atoms with van der Waals surface area (Å²) in [7, 11) is 1.63. The fourth-order valence-electron chi connectivity index (χ4n) is 3.62. The number of benzene rings is 1. The minimum absolute atomic E-state index is 0.0979. The van der Waals surface area contributed by atoms with Gasteiger partial charge in [-0.15, -0.1) is 0 Å². The smallest absolute Gasteiger partial charge is 0.226 e. The summed E-state index contributed by atoms with van der Waals surface area (Å²) in [6.45, 7) is 0. The lowest BCUT2D eigenvalue weighted by Crippen LogP contribution is -2.25. The monoisotopic (exact) mass is 375 g/mol. The molecule has 0 unspecified atom stereocenters. The Balaban J connectivity index is 1.63. The number of anilines is 1. The zero-order valence-electron chi connectivity index (χ0n) is 15.0. The molecule has 8 heteroatoms. The lowest BCUT2D eigenvalue weighted by Gasteiger charge is -2.23. The Kier molecular flexibility index (Phi) is 3.75. The fourth-order valence-corrected chi connectivity index (χ4v) is 3.62. The van der Waals surface area contributed by atoms with Gasteiger partial charge in [-0.3, -0.25) is 9.89 Å². The third kappa shape index (κ3) is 2.58. The number of nitrogens with one attached hydrogen (secondary N) is 2. The Labute approximate surface area is 160 Å². The van der Waals surface area contributed by atoms with E-state index in [9.17, 15) is 4.79 Å². The fraction of sp³-hybridized carbons (Fsp3) is 0.150. The lowest BCUT2D eigenvalue weighted by atomic mass is 9.90. The molecule has 5 rings (SSSR count). The number of nitrogens with zero attached hydrogens (tertiary/aromatic N) is 3. The molecular formula is C20H17N5O3. The molecule has 1 aliphatic heterocycles. The SMILES string of the molecule is COc1ccc(-n2ccnc2[C@@H]2CC(=O)Nc3n[nH]c(-c4ccco4)c32)cc1. The predicted molar refractivity (Wildman–Crippen MR) is 101 cm³/mol. The molecule has 1 aromatic carbocycles. The van der Waals surface area contributed by atoms with E-state index >= 15 is 0 Å². The van der Waals surface area contributed by atoms with Gasteiger partial charge in [0.2, 0.25) is 5.91 Å². The molecule has 140 valence electrons. The number of carbonyl (C=O) groups excluding carboxylic acids is 1. The summed E-state index contributed by atoms with van der Waals surface area (Å²) >= 11 is 0. The maximum absolute atomic E-state index is 12.3. The van der Waals surface area contributed by atoms with Crippen LogP contribution in [-0.2, 0) is 4.79 Å². The number of imidazole rings is 1. The maximum Gasteiger partial charge on any atom is 0.226 e. The average molecular weight is 375 g/mol. The zero-order valence-corrected chi connectivity index (χ0v) is 15.0. The van der Waals surface area contributed by atoms with Crippen molar-refractivity contribution in [2.75, 3.05) is 12.4 Å². The normalized spacial score (nSPS) is 15.9. The molecule has 0 fully saturated rings. The van der Waals surface area contributed by atoms with E-state index in [2.05, 4.69) is 20.5 Å². The topological polar surface area (TPSA) is 98.0 Å². The highest BCUT2D eigenvalue weighted by atomic mass is 16.5. The van der Waals surface area contributed by atoms with Crippen LogP contribution < -0.4 is 10.1 Å². The van der Waals surface area contributed by atoms with Crippen LogP contribution >= 0.6 is 0 Å². The first-order chi connectivity index (χ1) is 13.7. The van der Waals surface area contributed by atoms with Crippen LogP contribution in [0.3, 0.4) is 0 Å². The second-order valence-electron chi connectivity index (χ2n) is 6.50. The first-order valence-electron chi connectivity index (χ1n) is 8.84. The number of fused-ring (bicyclic) bond motifs is 1. The van der Waals surface area contributed by atoms with Gasteiger partial charge < -0.3 is 19.0 Å². The molecule has 0 saturated carbocycles. The number of hydrogen-bond acceptors (Lipinski definition) is 5. The van der Waals surface area contributed by atoms with Crippen LogP contribution in [-0.4, -0.2) is 32.8 Å². The molecule has 4 aromatic rings. The average Bonchev–Trinajstić information content (AvgIpc) is 3.46. The molecule has 1 atom stereocenters. The van der Waals surface area contributed by atoms with Gasteiger partial charge in [0, 0.05) is 30.1 Å². The number of H-pyrrole nitrogens is 1. The minimum Gasteiger partial charge on any atom is -0.497 e. The molecule has 1 amide bonds. The van der Waals surface area contributed by atoms with Crippen molar-refractivity contribution in [3.63, 3.8) is 0 Å². The number of aromatic nitrogens is 4. The number of furan rings is 1. The van der Waals surface area contributed by atoms with E-state index in [1.807, 2.05) is 47.2 Å². The number of hydrogen-bond donors (Lipinski definition) is 2. The van der Waals surface area contributed by atoms with Gasteiger partial charge in [0.15, 0.2) is 11.6 Å². The largest absolute Gasteiger partial charge is 0.497 e. The first-order valence-corrected chi connectivity index (χ1v) is 8.84. The molecule has 4 heterocycles. The summed E-state index contributed by atoms with van der Waals surface area (Å²) in [5, 5.41) is 10.1. The summed E-state index contributed by atoms with van der Waals surface area (Å²) < 4.78 is 12.8. The lowest BCUT2D eigenvalue weighted by molar-refractivity contribution is -0.116. The van der Waals surface area contributed by atoms with Crippen LogP contribution in [0.25, 0.3) is 17.1 Å². The number of amides is 1. The number of rotatable bonds is 4. The maximum atomic E-state index is 12.3. The molecule has 0 radical (unpaired) electrons. The Morgan fingerprint density at radius 2 is 2.11 bits per heavy atom. The Hall–Kier alpha value is -3.81. The van der Waals surface area contributed by atoms with Gasteiger partial charge >= 0.3 is 0 Å². The Morgan fingerprint density at radius 3 is 2.86 bits per heavy atom. The van der Waals surface area contributed by atoms with Crippen molar-refractivity contribution >= 4 is 11.7 Å². The molecule has 8 nitrogen and oxygen atoms in total. The van der Waals surface area contributed by atoms with Crippen LogP contribution in [0.5, 0.6) is 5.75 Å². The first kappa shape index (κ1) is 16.4. The van der Waals surface area contributed by atoms with E-state index < -0.39 is 0 Å². The predicted octanol–water partition coefficient (Wildman–Crippen LogP) is 3.34. The van der Waals surface area contributed by atoms with Gasteiger partial charge in [-0.25, -0.2) is 4.98 Å². The van der Waals surface area contributed by atoms with E-state index in [0.29, 0.717) is 11.6 Å². The molecule has 1 aliphatic rings. The van der Waals surface area contributed by atoms with Crippen molar-refractivity contribution < 1.29 is 13.9 Å². The molecular weight excluding hydrogens is 358 g/mol. The summed E-state index contributed by atoms with van der Waals surface area (Å²) in [6, 6.07) is 11.4. The Morgan fingerprint density at radius 1 is 1.25 bits per heavy atom. The Bertz CT molecular complexity index is 1130. The summed E-state index contributed by atoms with van der Waals surface area (Å²) in [6.07, 6.45) is 5.50. The van der Waals surface area contributed by atoms with E-state index in [-0.39, 0.29) is 18.2 Å². The third-order valence-electron chi connectivity index (χ3n) is 4.90. The van der Waals surface area contributed by atoms with E-state index in [1.165, 1.54) is 0 Å². The van der Waals surface area contributed by atoms with Crippen molar-refractivity contribution in [3.05, 3.63) is 66.4 Å². The second kappa shape index (κ2) is 6.41. The quantitative estimate of drug-likeness (QED) is 0.570. The van der Waals surface area contributed by atoms with Crippen molar-refractivity contribution in [1.82, 2.24) is 19.7 Å². The molecule has 0 spiro atoms. The van der Waals surface area contributed by atoms with Crippen molar-refractivity contribution in [2.24, 2.45) is 0 Å². The summed E-state index contributed by atoms with van der Waals surface area (Å²) in [5.41, 5.74) is 2.55. The third-order valence-corrected chi connectivity index (χ3v) is 4.90. The standard InChI is InChI=1S/C20H17N5O3/c1-27-13-6-4-12(5-7-13)25-9-8-21-20(25)14-11-16(26)22-19-17(14)18(23-24-19)15-3-2-10-28-15/h2-10,14H,11H2,1H3,(H2,22,23,24,26)/t14-/m1/s1. The highest BCUT2D eigenvalue weighted by Gasteiger charge is 2.35. The molecule has 28 heavy (non-hydrogen) atoms. The number of methoxy groups -OCH3 is 1. The van der Waals surface area contributed by atoms with Gasteiger partial charge in [0.05, 0.1) is 19.3 Å². The molecule has 2 N–H and O–H groups in total. The highest BCUT2D eigenvalue weighted by Crippen LogP contribution is 2.41. The second-order valence-corrected chi connectivity index (χ2v) is 6.50. The summed E-state index contributed by atoms with van der Waals surface area (Å²) in [5.74, 6) is 2.35. The molecule has 0 aliphatic carbocycles. The van der Waals surface area contributed by atoms with Crippen LogP contribution in [0.1, 0.15) is 23.7 Å². The van der Waals surface area contributed by atoms with E-state index in [1.54, 1.807) is 19.6 Å². The van der Waals surface area contributed by atoms with Gasteiger partial charge in [-0.05, 0) is 36.4 Å². The van der Waals surface area contributed by atoms with Crippen LogP contribution in [0.15, 0.2) is 59.5 Å². The number of aromatic amines is 1. The van der Waals surface area contributed by atoms with Gasteiger partial charge in [0.25, 0.3) is 0 Å². The number of ether oxygens (including phenoxy) is 1. The molecule has 3 aromatic heterocycles. The molecule has 0 bridgehead atoms. The van der Waals surface area contributed by atoms with Gasteiger partial charge in [-0.1, -0.05) is 0 Å². The summed E-state index contributed by atoms with van der Waals surface area (Å²) in [4.78, 5) is 16.9. The van der Waals surface area contributed by atoms with Crippen LogP contribution in [0.4, 0.5) is 5.82 Å². The molecule has 0 saturated heterocycles. The van der Waals surface area contributed by atoms with Crippen molar-refractivity contribution in [1.29, 1.82) is 0 Å². The van der Waals surface area contributed by atoms with Crippen molar-refractivity contribution in [3.8, 4) is 22.9 Å². The van der Waals surface area contributed by atoms with Gasteiger partial charge in [0.1, 0.15) is 17.3 Å². The van der Waals surface area contributed by atoms with Crippen LogP contribution in [0, 0.1) is 0 Å². The zero-order chi connectivity index (χ0) is 19.1. The van der Waals surface area contributed by atoms with E-state index in [0.717, 1.165) is 28.5 Å². The highest BCUT2D eigenvalue weighted by molar-refractivity contribution is 5.95. The van der Waals surface area contributed by atoms with Gasteiger partial charge in [-0.2, -0.15) is 5.10 Å².